The number of hydrogen-bond acceptors (Lipinski definition) is 8. The van der Waals surface area contributed by atoms with E-state index < -0.39 is 35.0 Å². The van der Waals surface area contributed by atoms with E-state index in [-0.39, 0.29) is 45.4 Å². The van der Waals surface area contributed by atoms with Gasteiger partial charge in [0, 0.05) is 11.1 Å². The van der Waals surface area contributed by atoms with Crippen LogP contribution in [0.15, 0.2) is 46.6 Å². The van der Waals surface area contributed by atoms with Crippen molar-refractivity contribution in [3.63, 3.8) is 0 Å². The van der Waals surface area contributed by atoms with Gasteiger partial charge in [-0.3, -0.25) is 33.8 Å². The molecule has 0 aliphatic rings. The van der Waals surface area contributed by atoms with Crippen LogP contribution in [0.5, 0.6) is 0 Å². The van der Waals surface area contributed by atoms with E-state index in [1.54, 1.807) is 0 Å². The summed E-state index contributed by atoms with van der Waals surface area (Å²) in [5.74, 6) is -6.23. The van der Waals surface area contributed by atoms with Gasteiger partial charge in [-0.1, -0.05) is 0 Å². The molecule has 0 radical (unpaired) electrons. The molecule has 36 heavy (non-hydrogen) atoms. The lowest BCUT2D eigenvalue weighted by atomic mass is 10.1. The van der Waals surface area contributed by atoms with Crippen molar-refractivity contribution in [1.82, 2.24) is 0 Å². The highest BCUT2D eigenvalue weighted by Crippen LogP contribution is 2.23. The van der Waals surface area contributed by atoms with Crippen molar-refractivity contribution < 1.29 is 61.4 Å². The minimum Gasteiger partial charge on any atom is -0.545 e. The molecule has 0 bridgehead atoms. The lowest BCUT2D eigenvalue weighted by Gasteiger charge is -2.08. The smallest absolute Gasteiger partial charge is 0.336 e. The van der Waals surface area contributed by atoms with Crippen LogP contribution in [0.2, 0.25) is 0 Å². The predicted octanol–water partition coefficient (Wildman–Crippen LogP) is -7.39. The Morgan fingerprint density at radius 1 is 0.611 bits per heavy atom. The van der Waals surface area contributed by atoms with Crippen molar-refractivity contribution in [2.75, 3.05) is 0 Å². The molecule has 0 aliphatic heterocycles. The van der Waals surface area contributed by atoms with Gasteiger partial charge in [-0.15, -0.1) is 0 Å². The summed E-state index contributed by atoms with van der Waals surface area (Å²) in [5, 5.41) is 56.2. The number of nitrogens with zero attached hydrogens (tertiary/aromatic N) is 2. The SMILES string of the molecule is NC(N)=[NH2+].NC(N)=[NH2+].O.O.O=C([O-])c1cc(N=Nc2cc(C(=O)O)cc(C(=O)O)c2)cc(C(=O)[O-])c1. The van der Waals surface area contributed by atoms with E-state index in [1.165, 1.54) is 0 Å². The number of guanidine groups is 2. The Hall–Kier alpha value is -5.62. The summed E-state index contributed by atoms with van der Waals surface area (Å²) in [6.45, 7) is 0. The lowest BCUT2D eigenvalue weighted by Crippen LogP contribution is -2.51. The van der Waals surface area contributed by atoms with E-state index in [9.17, 15) is 29.4 Å². The van der Waals surface area contributed by atoms with Crippen LogP contribution in [0, 0.1) is 0 Å². The second kappa shape index (κ2) is 16.1. The molecule has 0 atom stereocenters. The number of azo groups is 1. The minimum atomic E-state index is -1.65. The molecule has 0 fully saturated rings. The highest BCUT2D eigenvalue weighted by Gasteiger charge is 2.11. The molecule has 0 spiro atoms. The Morgan fingerprint density at radius 2 is 0.833 bits per heavy atom. The highest BCUT2D eigenvalue weighted by atomic mass is 16.4. The van der Waals surface area contributed by atoms with Crippen LogP contribution >= 0.6 is 0 Å². The number of aromatic carboxylic acids is 4. The van der Waals surface area contributed by atoms with Crippen molar-refractivity contribution in [3.05, 3.63) is 58.7 Å². The van der Waals surface area contributed by atoms with E-state index in [0.29, 0.717) is 0 Å². The molecule has 0 aromatic heterocycles. The first-order chi connectivity index (χ1) is 15.6. The van der Waals surface area contributed by atoms with Gasteiger partial charge < -0.3 is 41.0 Å². The Kier molecular flexibility index (Phi) is 15.6. The minimum absolute atomic E-state index is 0. The van der Waals surface area contributed by atoms with Crippen LogP contribution in [0.25, 0.3) is 0 Å². The first kappa shape index (κ1) is 35.0. The number of hydrogen-bond donors (Lipinski definition) is 8. The van der Waals surface area contributed by atoms with Crippen LogP contribution in [0.1, 0.15) is 41.4 Å². The van der Waals surface area contributed by atoms with E-state index in [1.807, 2.05) is 0 Å². The molecule has 0 aliphatic carbocycles. The van der Waals surface area contributed by atoms with Crippen molar-refractivity contribution in [1.29, 1.82) is 0 Å². The molecule has 2 aromatic rings. The first-order valence-electron chi connectivity index (χ1n) is 8.52. The predicted molar refractivity (Wildman–Crippen MR) is 117 cm³/mol. The van der Waals surface area contributed by atoms with E-state index in [2.05, 4.69) is 44.0 Å². The lowest BCUT2D eigenvalue weighted by molar-refractivity contribution is -0.255. The standard InChI is InChI=1S/C16H10N2O8.2CH5N3.2H2O/c19-13(20)7-1-8(14(21)22)4-11(3-7)17-18-12-5-9(15(23)24)2-10(6-12)16(25)26;2*2-1(3)4;;/h1-6H,(H,19,20)(H,21,22)(H,23,24)(H,25,26);2*(H5,2,3,4);2*1H2. The average Bonchev–Trinajstić information content (AvgIpc) is 2.70. The van der Waals surface area contributed by atoms with Gasteiger partial charge in [-0.2, -0.15) is 10.2 Å². The summed E-state index contributed by atoms with van der Waals surface area (Å²) in [6, 6.07) is 5.78. The summed E-state index contributed by atoms with van der Waals surface area (Å²) in [4.78, 5) is 43.9. The van der Waals surface area contributed by atoms with Crippen molar-refractivity contribution in [2.45, 2.75) is 0 Å². The third kappa shape index (κ3) is 13.7. The molecule has 2 rings (SSSR count). The maximum atomic E-state index is 11.0. The Labute approximate surface area is 201 Å². The summed E-state index contributed by atoms with van der Waals surface area (Å²) < 4.78 is 0. The van der Waals surface area contributed by atoms with Gasteiger partial charge in [0.15, 0.2) is 0 Å². The van der Waals surface area contributed by atoms with Gasteiger partial charge in [-0.25, -0.2) is 9.59 Å². The molecule has 0 saturated carbocycles. The molecule has 0 saturated heterocycles. The zero-order valence-corrected chi connectivity index (χ0v) is 18.2. The fourth-order valence-corrected chi connectivity index (χ4v) is 1.94. The molecule has 0 amide bonds. The van der Waals surface area contributed by atoms with Crippen molar-refractivity contribution in [2.24, 2.45) is 33.2 Å². The number of benzene rings is 2. The second-order valence-corrected chi connectivity index (χ2v) is 5.92. The van der Waals surface area contributed by atoms with Crippen LogP contribution in [-0.2, 0) is 0 Å². The van der Waals surface area contributed by atoms with E-state index >= 15 is 0 Å². The van der Waals surface area contributed by atoms with Crippen molar-refractivity contribution in [3.8, 4) is 0 Å². The van der Waals surface area contributed by atoms with Gasteiger partial charge in [0.1, 0.15) is 0 Å². The van der Waals surface area contributed by atoms with E-state index in [4.69, 9.17) is 10.2 Å². The number of carboxylic acid groups (broad SMARTS) is 4. The summed E-state index contributed by atoms with van der Waals surface area (Å²) in [6.07, 6.45) is 0. The fourth-order valence-electron chi connectivity index (χ4n) is 1.94. The Bertz CT molecular complexity index is 1000. The zero-order chi connectivity index (χ0) is 26.6. The molecule has 0 heterocycles. The summed E-state index contributed by atoms with van der Waals surface area (Å²) in [5.41, 5.74) is 16.3. The number of carbonyl (C=O) groups excluding carboxylic acids is 2. The summed E-state index contributed by atoms with van der Waals surface area (Å²) >= 11 is 0. The molecule has 18 N–H and O–H groups in total. The van der Waals surface area contributed by atoms with Crippen LogP contribution in [0.4, 0.5) is 11.4 Å². The Morgan fingerprint density at radius 3 is 1.06 bits per heavy atom. The van der Waals surface area contributed by atoms with Gasteiger partial charge >= 0.3 is 23.9 Å². The summed E-state index contributed by atoms with van der Waals surface area (Å²) in [7, 11) is 0. The average molecular weight is 512 g/mol. The van der Waals surface area contributed by atoms with Gasteiger partial charge in [0.2, 0.25) is 0 Å². The van der Waals surface area contributed by atoms with Gasteiger partial charge in [0.05, 0.1) is 34.4 Å². The number of carboxylic acids is 4. The molecule has 0 unspecified atom stereocenters. The van der Waals surface area contributed by atoms with Crippen molar-refractivity contribution >= 4 is 47.2 Å². The van der Waals surface area contributed by atoms with Crippen LogP contribution in [-0.4, -0.2) is 57.0 Å². The monoisotopic (exact) mass is 512 g/mol. The number of rotatable bonds is 6. The first-order valence-corrected chi connectivity index (χ1v) is 8.52. The molecular weight excluding hydrogens is 488 g/mol. The van der Waals surface area contributed by atoms with Crippen LogP contribution in [0.3, 0.4) is 0 Å². The maximum absolute atomic E-state index is 11.0. The van der Waals surface area contributed by atoms with Gasteiger partial charge in [0.25, 0.3) is 0 Å². The number of nitrogens with two attached hydrogens (primary N) is 6. The normalized spacial score (nSPS) is 9.00. The molecule has 18 nitrogen and oxygen atoms in total. The molecular formula is C18H24N8O10. The maximum Gasteiger partial charge on any atom is 0.336 e. The third-order valence-corrected chi connectivity index (χ3v) is 3.08. The second-order valence-electron chi connectivity index (χ2n) is 5.92. The third-order valence-electron chi connectivity index (χ3n) is 3.08. The fraction of sp³-hybridized carbons (Fsp3) is 0. The largest absolute Gasteiger partial charge is 0.545 e. The zero-order valence-electron chi connectivity index (χ0n) is 18.2. The van der Waals surface area contributed by atoms with Crippen LogP contribution < -0.4 is 44.0 Å². The Balaban J connectivity index is -0.000000953. The van der Waals surface area contributed by atoms with Gasteiger partial charge in [-0.05, 0) is 36.4 Å². The topological polar surface area (TPSA) is 398 Å². The highest BCUT2D eigenvalue weighted by molar-refractivity contribution is 5.95. The molecule has 2 aromatic carbocycles. The van der Waals surface area contributed by atoms with E-state index in [0.717, 1.165) is 36.4 Å². The molecule has 196 valence electrons. The number of carbonyl (C=O) groups is 4. The quantitative estimate of drug-likeness (QED) is 0.102. The molecule has 18 heteroatoms.